The lowest BCUT2D eigenvalue weighted by Gasteiger charge is -2.39. The molecular formula is C15H33N. The van der Waals surface area contributed by atoms with Crippen LogP contribution in [0.3, 0.4) is 0 Å². The van der Waals surface area contributed by atoms with Crippen LogP contribution in [0, 0.1) is 11.8 Å². The Morgan fingerprint density at radius 3 is 2.06 bits per heavy atom. The van der Waals surface area contributed by atoms with E-state index in [-0.39, 0.29) is 0 Å². The molecule has 0 aromatic heterocycles. The SMILES string of the molecule is CC.CCCNC1(C)CCC(C(C)C)CC1. The predicted octanol–water partition coefficient (Wildman–Crippen LogP) is 4.62. The summed E-state index contributed by atoms with van der Waals surface area (Å²) in [4.78, 5) is 0. The van der Waals surface area contributed by atoms with Gasteiger partial charge < -0.3 is 5.32 Å². The van der Waals surface area contributed by atoms with Gasteiger partial charge >= 0.3 is 0 Å². The number of nitrogens with one attached hydrogen (secondary N) is 1. The molecule has 0 heterocycles. The van der Waals surface area contributed by atoms with Crippen LogP contribution < -0.4 is 5.32 Å². The van der Waals surface area contributed by atoms with E-state index in [9.17, 15) is 0 Å². The van der Waals surface area contributed by atoms with Crippen molar-refractivity contribution in [1.82, 2.24) is 5.32 Å². The third kappa shape index (κ3) is 5.34. The third-order valence-corrected chi connectivity index (χ3v) is 3.88. The molecule has 1 nitrogen and oxygen atoms in total. The maximum atomic E-state index is 3.71. The summed E-state index contributed by atoms with van der Waals surface area (Å²) in [5, 5.41) is 3.71. The molecule has 0 atom stereocenters. The van der Waals surface area contributed by atoms with Crippen LogP contribution in [0.2, 0.25) is 0 Å². The Morgan fingerprint density at radius 1 is 1.19 bits per heavy atom. The largest absolute Gasteiger partial charge is 0.312 e. The molecule has 0 aliphatic heterocycles. The fourth-order valence-electron chi connectivity index (χ4n) is 2.55. The highest BCUT2D eigenvalue weighted by Gasteiger charge is 2.31. The van der Waals surface area contributed by atoms with Gasteiger partial charge in [-0.1, -0.05) is 34.6 Å². The molecule has 0 unspecified atom stereocenters. The lowest BCUT2D eigenvalue weighted by molar-refractivity contribution is 0.175. The van der Waals surface area contributed by atoms with Crippen LogP contribution in [-0.2, 0) is 0 Å². The molecule has 1 saturated carbocycles. The van der Waals surface area contributed by atoms with Crippen LogP contribution in [0.5, 0.6) is 0 Å². The van der Waals surface area contributed by atoms with Crippen molar-refractivity contribution >= 4 is 0 Å². The molecule has 1 N–H and O–H groups in total. The highest BCUT2D eigenvalue weighted by atomic mass is 15.0. The molecule has 16 heavy (non-hydrogen) atoms. The maximum Gasteiger partial charge on any atom is 0.0153 e. The molecule has 1 fully saturated rings. The monoisotopic (exact) mass is 227 g/mol. The molecule has 1 heteroatoms. The van der Waals surface area contributed by atoms with Gasteiger partial charge in [-0.25, -0.2) is 0 Å². The van der Waals surface area contributed by atoms with Crippen molar-refractivity contribution in [1.29, 1.82) is 0 Å². The normalized spacial score (nSPS) is 29.8. The van der Waals surface area contributed by atoms with Crippen LogP contribution >= 0.6 is 0 Å². The molecule has 1 rings (SSSR count). The molecule has 0 aromatic rings. The van der Waals surface area contributed by atoms with Crippen molar-refractivity contribution in [2.45, 2.75) is 79.2 Å². The van der Waals surface area contributed by atoms with Gasteiger partial charge in [-0.05, 0) is 57.4 Å². The molecular weight excluding hydrogens is 194 g/mol. The minimum atomic E-state index is 0.446. The van der Waals surface area contributed by atoms with Gasteiger partial charge in [0.2, 0.25) is 0 Å². The Bertz CT molecular complexity index is 155. The molecule has 1 aliphatic carbocycles. The Morgan fingerprint density at radius 2 is 1.69 bits per heavy atom. The molecule has 0 saturated heterocycles. The van der Waals surface area contributed by atoms with E-state index in [1.54, 1.807) is 0 Å². The summed E-state index contributed by atoms with van der Waals surface area (Å²) >= 11 is 0. The van der Waals surface area contributed by atoms with E-state index in [2.05, 4.69) is 33.0 Å². The average molecular weight is 227 g/mol. The third-order valence-electron chi connectivity index (χ3n) is 3.88. The fraction of sp³-hybridized carbons (Fsp3) is 1.00. The van der Waals surface area contributed by atoms with Crippen molar-refractivity contribution in [2.75, 3.05) is 6.54 Å². The van der Waals surface area contributed by atoms with E-state index in [1.807, 2.05) is 13.8 Å². The summed E-state index contributed by atoms with van der Waals surface area (Å²) in [6.45, 7) is 14.6. The Balaban J connectivity index is 0.00000106. The quantitative estimate of drug-likeness (QED) is 0.739. The van der Waals surface area contributed by atoms with Gasteiger partial charge in [-0.2, -0.15) is 0 Å². The molecule has 98 valence electrons. The average Bonchev–Trinajstić information content (AvgIpc) is 2.30. The van der Waals surface area contributed by atoms with Gasteiger partial charge in [-0.15, -0.1) is 0 Å². The fourth-order valence-corrected chi connectivity index (χ4v) is 2.55. The smallest absolute Gasteiger partial charge is 0.0153 e. The zero-order valence-electron chi connectivity index (χ0n) is 12.4. The van der Waals surface area contributed by atoms with Crippen molar-refractivity contribution in [3.63, 3.8) is 0 Å². The molecule has 0 spiro atoms. The number of hydrogen-bond donors (Lipinski definition) is 1. The van der Waals surface area contributed by atoms with Gasteiger partial charge in [0, 0.05) is 5.54 Å². The van der Waals surface area contributed by atoms with E-state index in [4.69, 9.17) is 0 Å². The molecule has 0 amide bonds. The van der Waals surface area contributed by atoms with Crippen LogP contribution in [0.15, 0.2) is 0 Å². The zero-order valence-corrected chi connectivity index (χ0v) is 12.4. The predicted molar refractivity (Wildman–Crippen MR) is 74.8 cm³/mol. The van der Waals surface area contributed by atoms with E-state index >= 15 is 0 Å². The van der Waals surface area contributed by atoms with Crippen LogP contribution in [0.25, 0.3) is 0 Å². The first-order valence-corrected chi connectivity index (χ1v) is 7.32. The highest BCUT2D eigenvalue weighted by molar-refractivity contribution is 4.89. The van der Waals surface area contributed by atoms with Crippen LogP contribution in [-0.4, -0.2) is 12.1 Å². The second-order valence-corrected chi connectivity index (χ2v) is 5.57. The lowest BCUT2D eigenvalue weighted by Crippen LogP contribution is -2.46. The topological polar surface area (TPSA) is 12.0 Å². The Kier molecular flexibility index (Phi) is 8.09. The second kappa shape index (κ2) is 8.11. The first-order chi connectivity index (χ1) is 7.57. The summed E-state index contributed by atoms with van der Waals surface area (Å²) in [5.41, 5.74) is 0.446. The standard InChI is InChI=1S/C13H27N.C2H6/c1-5-10-14-13(4)8-6-12(7-9-13)11(2)3;1-2/h11-12,14H,5-10H2,1-4H3;1-2H3. The van der Waals surface area contributed by atoms with Crippen LogP contribution in [0.4, 0.5) is 0 Å². The van der Waals surface area contributed by atoms with E-state index in [0.29, 0.717) is 5.54 Å². The van der Waals surface area contributed by atoms with E-state index in [1.165, 1.54) is 38.6 Å². The van der Waals surface area contributed by atoms with Gasteiger partial charge in [0.1, 0.15) is 0 Å². The number of rotatable bonds is 4. The molecule has 1 aliphatic rings. The van der Waals surface area contributed by atoms with E-state index in [0.717, 1.165) is 11.8 Å². The molecule has 0 radical (unpaired) electrons. The van der Waals surface area contributed by atoms with Crippen molar-refractivity contribution in [3.05, 3.63) is 0 Å². The summed E-state index contributed by atoms with van der Waals surface area (Å²) in [6.07, 6.45) is 6.84. The van der Waals surface area contributed by atoms with E-state index < -0.39 is 0 Å². The minimum Gasteiger partial charge on any atom is -0.312 e. The summed E-state index contributed by atoms with van der Waals surface area (Å²) in [7, 11) is 0. The summed E-state index contributed by atoms with van der Waals surface area (Å²) < 4.78 is 0. The second-order valence-electron chi connectivity index (χ2n) is 5.57. The van der Waals surface area contributed by atoms with Gasteiger partial charge in [0.05, 0.1) is 0 Å². The molecule has 0 aromatic carbocycles. The molecule has 0 bridgehead atoms. The van der Waals surface area contributed by atoms with Crippen LogP contribution in [0.1, 0.15) is 73.6 Å². The lowest BCUT2D eigenvalue weighted by atomic mass is 9.73. The Labute approximate surface area is 103 Å². The summed E-state index contributed by atoms with van der Waals surface area (Å²) in [6, 6.07) is 0. The first kappa shape index (κ1) is 16.0. The van der Waals surface area contributed by atoms with Gasteiger partial charge in [0.25, 0.3) is 0 Å². The van der Waals surface area contributed by atoms with Crippen molar-refractivity contribution in [2.24, 2.45) is 11.8 Å². The van der Waals surface area contributed by atoms with Crippen molar-refractivity contribution < 1.29 is 0 Å². The Hall–Kier alpha value is -0.0400. The number of hydrogen-bond acceptors (Lipinski definition) is 1. The first-order valence-electron chi connectivity index (χ1n) is 7.32. The van der Waals surface area contributed by atoms with Gasteiger partial charge in [-0.3, -0.25) is 0 Å². The highest BCUT2D eigenvalue weighted by Crippen LogP contribution is 2.35. The maximum absolute atomic E-state index is 3.71. The van der Waals surface area contributed by atoms with Gasteiger partial charge in [0.15, 0.2) is 0 Å². The van der Waals surface area contributed by atoms with Crippen molar-refractivity contribution in [3.8, 4) is 0 Å². The minimum absolute atomic E-state index is 0.446. The zero-order chi connectivity index (χ0) is 12.6. The summed E-state index contributed by atoms with van der Waals surface area (Å²) in [5.74, 6) is 1.86.